The van der Waals surface area contributed by atoms with Crippen molar-refractivity contribution >= 4 is 23.8 Å². The molecular weight excluding hydrogens is 497 g/mol. The second kappa shape index (κ2) is 14.5. The van der Waals surface area contributed by atoms with Crippen LogP contribution in [0.4, 0.5) is 13.2 Å². The number of pyridine rings is 1. The van der Waals surface area contributed by atoms with Crippen molar-refractivity contribution in [3.63, 3.8) is 0 Å². The number of hydrogen-bond acceptors (Lipinski definition) is 6. The molecule has 37 heavy (non-hydrogen) atoms. The highest BCUT2D eigenvalue weighted by atomic mass is 19.4. The van der Waals surface area contributed by atoms with Gasteiger partial charge in [0.05, 0.1) is 18.4 Å². The maximum Gasteiger partial charge on any atom is 0.490 e. The zero-order chi connectivity index (χ0) is 27.4. The van der Waals surface area contributed by atoms with Crippen molar-refractivity contribution in [1.29, 1.82) is 0 Å². The lowest BCUT2D eigenvalue weighted by molar-refractivity contribution is -0.192. The Balaban J connectivity index is 0.000000604. The van der Waals surface area contributed by atoms with E-state index in [2.05, 4.69) is 15.6 Å². The average Bonchev–Trinajstić information content (AvgIpc) is 2.87. The van der Waals surface area contributed by atoms with Crippen molar-refractivity contribution < 1.29 is 42.6 Å². The van der Waals surface area contributed by atoms with Gasteiger partial charge in [0.25, 0.3) is 0 Å². The molecule has 0 aliphatic carbocycles. The number of piperidine rings is 2. The Labute approximate surface area is 212 Å². The van der Waals surface area contributed by atoms with E-state index in [9.17, 15) is 32.7 Å². The Kier molecular flexibility index (Phi) is 11.8. The number of amides is 2. The van der Waals surface area contributed by atoms with E-state index in [0.717, 1.165) is 38.8 Å². The molecule has 3 heterocycles. The third kappa shape index (κ3) is 10.7. The van der Waals surface area contributed by atoms with Crippen LogP contribution in [0.5, 0.6) is 0 Å². The quantitative estimate of drug-likeness (QED) is 0.400. The second-order valence-electron chi connectivity index (χ2n) is 9.16. The summed E-state index contributed by atoms with van der Waals surface area (Å²) in [5, 5.41) is 22.6. The number of rotatable bonds is 8. The molecule has 0 radical (unpaired) electrons. The molecule has 206 valence electrons. The molecule has 0 bridgehead atoms. The molecule has 4 N–H and O–H groups in total. The first-order valence-electron chi connectivity index (χ1n) is 12.2. The third-order valence-electron chi connectivity index (χ3n) is 6.39. The highest BCUT2D eigenvalue weighted by Crippen LogP contribution is 2.23. The van der Waals surface area contributed by atoms with E-state index >= 15 is 0 Å². The lowest BCUT2D eigenvalue weighted by Crippen LogP contribution is -2.46. The van der Waals surface area contributed by atoms with Crippen LogP contribution >= 0.6 is 0 Å². The van der Waals surface area contributed by atoms with Crippen LogP contribution in [0.3, 0.4) is 0 Å². The molecule has 3 rings (SSSR count). The number of carbonyl (C=O) groups is 4. The predicted molar refractivity (Wildman–Crippen MR) is 125 cm³/mol. The number of halogens is 3. The fourth-order valence-corrected chi connectivity index (χ4v) is 4.37. The van der Waals surface area contributed by atoms with E-state index in [1.54, 1.807) is 24.5 Å². The topological polar surface area (TPSA) is 149 Å². The molecule has 1 aromatic heterocycles. The van der Waals surface area contributed by atoms with E-state index in [1.165, 1.54) is 0 Å². The van der Waals surface area contributed by atoms with Crippen molar-refractivity contribution in [2.75, 3.05) is 26.2 Å². The minimum atomic E-state index is -5.08. The first-order chi connectivity index (χ1) is 17.5. The van der Waals surface area contributed by atoms with Crippen molar-refractivity contribution in [2.24, 2.45) is 11.8 Å². The van der Waals surface area contributed by atoms with Gasteiger partial charge in [-0.1, -0.05) is 6.07 Å². The summed E-state index contributed by atoms with van der Waals surface area (Å²) in [6.45, 7) is 3.15. The lowest BCUT2D eigenvalue weighted by Gasteiger charge is -2.33. The number of aromatic nitrogens is 1. The number of likely N-dealkylation sites (tertiary alicyclic amines) is 1. The summed E-state index contributed by atoms with van der Waals surface area (Å²) in [5.74, 6) is -3.51. The number of nitrogens with zero attached hydrogens (tertiary/aromatic N) is 2. The largest absolute Gasteiger partial charge is 0.490 e. The third-order valence-corrected chi connectivity index (χ3v) is 6.39. The minimum Gasteiger partial charge on any atom is -0.481 e. The van der Waals surface area contributed by atoms with Crippen LogP contribution in [0, 0.1) is 11.8 Å². The summed E-state index contributed by atoms with van der Waals surface area (Å²) >= 11 is 0. The molecule has 0 saturated carbocycles. The Hall–Kier alpha value is -3.22. The van der Waals surface area contributed by atoms with Gasteiger partial charge in [0.2, 0.25) is 11.8 Å². The molecule has 2 fully saturated rings. The van der Waals surface area contributed by atoms with Crippen LogP contribution in [0.2, 0.25) is 0 Å². The van der Waals surface area contributed by atoms with Gasteiger partial charge in [-0.3, -0.25) is 19.4 Å². The molecule has 13 heteroatoms. The Morgan fingerprint density at radius 3 is 2.41 bits per heavy atom. The first kappa shape index (κ1) is 30.0. The summed E-state index contributed by atoms with van der Waals surface area (Å²) in [6.07, 6.45) is 3.08. The van der Waals surface area contributed by atoms with Crippen molar-refractivity contribution in [2.45, 2.75) is 57.2 Å². The standard InChI is InChI=1S/C22H32N4O4.C2HF3O2/c27-20(6-5-16-7-10-23-11-8-16)26-12-2-4-18(15-26)22(30)25-19(13-21(28)29)17-3-1-9-24-14-17;3-2(4,5)1(6)7/h1,3,9,14,16,18-19,23H,2,4-8,10-13,15H2,(H,25,30)(H,28,29);(H,6,7)/t18-,19+;/m1./s1. The highest BCUT2D eigenvalue weighted by molar-refractivity contribution is 5.82. The highest BCUT2D eigenvalue weighted by Gasteiger charge is 2.38. The van der Waals surface area contributed by atoms with Crippen LogP contribution in [0.1, 0.15) is 56.6 Å². The molecule has 0 spiro atoms. The van der Waals surface area contributed by atoms with Gasteiger partial charge in [0.1, 0.15) is 0 Å². The van der Waals surface area contributed by atoms with Gasteiger partial charge in [-0.2, -0.15) is 13.2 Å². The molecule has 0 aromatic carbocycles. The molecule has 2 saturated heterocycles. The van der Waals surface area contributed by atoms with Gasteiger partial charge in [0.15, 0.2) is 0 Å². The van der Waals surface area contributed by atoms with Crippen LogP contribution in [0.15, 0.2) is 24.5 Å². The Morgan fingerprint density at radius 2 is 1.84 bits per heavy atom. The van der Waals surface area contributed by atoms with E-state index in [1.807, 2.05) is 4.90 Å². The summed E-state index contributed by atoms with van der Waals surface area (Å²) in [7, 11) is 0. The maximum atomic E-state index is 12.9. The molecule has 2 aliphatic rings. The van der Waals surface area contributed by atoms with Crippen LogP contribution in [-0.2, 0) is 19.2 Å². The molecule has 2 amide bonds. The van der Waals surface area contributed by atoms with Crippen molar-refractivity contribution in [1.82, 2.24) is 20.5 Å². The van der Waals surface area contributed by atoms with Gasteiger partial charge in [-0.25, -0.2) is 4.79 Å². The zero-order valence-electron chi connectivity index (χ0n) is 20.4. The number of aliphatic carboxylic acids is 2. The van der Waals surface area contributed by atoms with E-state index in [4.69, 9.17) is 9.90 Å². The van der Waals surface area contributed by atoms with E-state index in [-0.39, 0.29) is 24.2 Å². The average molecular weight is 531 g/mol. The molecule has 10 nitrogen and oxygen atoms in total. The normalized spacial score (nSPS) is 19.2. The molecule has 2 atom stereocenters. The monoisotopic (exact) mass is 530 g/mol. The summed E-state index contributed by atoms with van der Waals surface area (Å²) in [6, 6.07) is 2.85. The fraction of sp³-hybridized carbons (Fsp3) is 0.625. The van der Waals surface area contributed by atoms with Gasteiger partial charge in [-0.05, 0) is 62.7 Å². The van der Waals surface area contributed by atoms with Gasteiger partial charge in [-0.15, -0.1) is 0 Å². The second-order valence-corrected chi connectivity index (χ2v) is 9.16. The maximum absolute atomic E-state index is 12.9. The molecule has 1 aromatic rings. The predicted octanol–water partition coefficient (Wildman–Crippen LogP) is 2.37. The number of carboxylic acid groups (broad SMARTS) is 2. The van der Waals surface area contributed by atoms with E-state index < -0.39 is 24.2 Å². The zero-order valence-corrected chi connectivity index (χ0v) is 20.4. The number of carboxylic acids is 2. The number of nitrogens with one attached hydrogen (secondary N) is 2. The molecule has 2 aliphatic heterocycles. The summed E-state index contributed by atoms with van der Waals surface area (Å²) in [5.41, 5.74) is 0.666. The summed E-state index contributed by atoms with van der Waals surface area (Å²) < 4.78 is 31.7. The van der Waals surface area contributed by atoms with Gasteiger partial charge < -0.3 is 25.7 Å². The number of carbonyl (C=O) groups excluding carboxylic acids is 2. The smallest absolute Gasteiger partial charge is 0.481 e. The minimum absolute atomic E-state index is 0.125. The first-order valence-corrected chi connectivity index (χ1v) is 12.2. The van der Waals surface area contributed by atoms with Crippen molar-refractivity contribution in [3.05, 3.63) is 30.1 Å². The van der Waals surface area contributed by atoms with Gasteiger partial charge in [0, 0.05) is 31.9 Å². The van der Waals surface area contributed by atoms with Crippen LogP contribution in [-0.4, -0.2) is 76.2 Å². The van der Waals surface area contributed by atoms with E-state index in [0.29, 0.717) is 37.4 Å². The van der Waals surface area contributed by atoms with Gasteiger partial charge >= 0.3 is 18.1 Å². The van der Waals surface area contributed by atoms with Crippen molar-refractivity contribution in [3.8, 4) is 0 Å². The number of hydrogen-bond donors (Lipinski definition) is 4. The van der Waals surface area contributed by atoms with Crippen LogP contribution in [0.25, 0.3) is 0 Å². The molecular formula is C24H33F3N4O6. The summed E-state index contributed by atoms with van der Waals surface area (Å²) in [4.78, 5) is 51.5. The lowest BCUT2D eigenvalue weighted by atomic mass is 9.92. The molecule has 0 unspecified atom stereocenters. The number of alkyl halides is 3. The van der Waals surface area contributed by atoms with Crippen LogP contribution < -0.4 is 10.6 Å². The fourth-order valence-electron chi connectivity index (χ4n) is 4.37. The SMILES string of the molecule is O=C(O)C(F)(F)F.O=C(O)C[C@H](NC(=O)[C@@H]1CCCN(C(=O)CCC2CCNCC2)C1)c1cccnc1. The Bertz CT molecular complexity index is 909. The Morgan fingerprint density at radius 1 is 1.16 bits per heavy atom.